The summed E-state index contributed by atoms with van der Waals surface area (Å²) in [6, 6.07) is 0.287. The standard InChI is InChI=1S/C7H15NO/c1-6-2-3-7(8)5-9-4-6/h6-7H,2-5,8H2,1H3. The number of ether oxygens (including phenoxy) is 1. The zero-order chi connectivity index (χ0) is 6.69. The summed E-state index contributed by atoms with van der Waals surface area (Å²) in [5.41, 5.74) is 5.67. The summed E-state index contributed by atoms with van der Waals surface area (Å²) in [7, 11) is 0. The summed E-state index contributed by atoms with van der Waals surface area (Å²) in [6.45, 7) is 3.86. The Morgan fingerprint density at radius 1 is 1.33 bits per heavy atom. The Morgan fingerprint density at radius 3 is 2.89 bits per heavy atom. The lowest BCUT2D eigenvalue weighted by molar-refractivity contribution is 0.113. The second-order valence-electron chi connectivity index (χ2n) is 2.98. The smallest absolute Gasteiger partial charge is 0.0617 e. The summed E-state index contributed by atoms with van der Waals surface area (Å²) in [6.07, 6.45) is 2.35. The van der Waals surface area contributed by atoms with Crippen LogP contribution in [-0.2, 0) is 4.74 Å². The van der Waals surface area contributed by atoms with Crippen LogP contribution in [0, 0.1) is 5.92 Å². The van der Waals surface area contributed by atoms with Crippen molar-refractivity contribution in [2.75, 3.05) is 13.2 Å². The fraction of sp³-hybridized carbons (Fsp3) is 1.00. The first-order chi connectivity index (χ1) is 4.29. The molecular formula is C7H15NO. The molecule has 1 aliphatic heterocycles. The normalized spacial score (nSPS) is 38.0. The van der Waals surface area contributed by atoms with Gasteiger partial charge in [-0.3, -0.25) is 0 Å². The van der Waals surface area contributed by atoms with E-state index in [9.17, 15) is 0 Å². The Morgan fingerprint density at radius 2 is 2.11 bits per heavy atom. The molecule has 0 aliphatic carbocycles. The van der Waals surface area contributed by atoms with Crippen LogP contribution in [0.4, 0.5) is 0 Å². The van der Waals surface area contributed by atoms with Gasteiger partial charge in [0.2, 0.25) is 0 Å². The molecule has 0 bridgehead atoms. The molecule has 9 heavy (non-hydrogen) atoms. The highest BCUT2D eigenvalue weighted by Crippen LogP contribution is 2.11. The van der Waals surface area contributed by atoms with Crippen LogP contribution in [0.3, 0.4) is 0 Å². The van der Waals surface area contributed by atoms with E-state index in [2.05, 4.69) is 6.92 Å². The van der Waals surface area contributed by atoms with E-state index in [1.54, 1.807) is 0 Å². The van der Waals surface area contributed by atoms with E-state index >= 15 is 0 Å². The molecule has 2 heteroatoms. The third-order valence-electron chi connectivity index (χ3n) is 1.76. The third kappa shape index (κ3) is 2.33. The van der Waals surface area contributed by atoms with Gasteiger partial charge in [0.15, 0.2) is 0 Å². The van der Waals surface area contributed by atoms with Crippen molar-refractivity contribution in [3.63, 3.8) is 0 Å². The zero-order valence-electron chi connectivity index (χ0n) is 5.97. The molecule has 1 rings (SSSR count). The zero-order valence-corrected chi connectivity index (χ0v) is 5.97. The van der Waals surface area contributed by atoms with Gasteiger partial charge in [-0.2, -0.15) is 0 Å². The molecule has 1 heterocycles. The van der Waals surface area contributed by atoms with Crippen LogP contribution in [0.5, 0.6) is 0 Å². The first-order valence-corrected chi connectivity index (χ1v) is 3.62. The van der Waals surface area contributed by atoms with Crippen molar-refractivity contribution in [2.24, 2.45) is 11.7 Å². The highest BCUT2D eigenvalue weighted by Gasteiger charge is 2.11. The van der Waals surface area contributed by atoms with Crippen molar-refractivity contribution in [2.45, 2.75) is 25.8 Å². The van der Waals surface area contributed by atoms with Crippen molar-refractivity contribution < 1.29 is 4.74 Å². The highest BCUT2D eigenvalue weighted by atomic mass is 16.5. The van der Waals surface area contributed by atoms with Gasteiger partial charge in [0.1, 0.15) is 0 Å². The molecule has 2 nitrogen and oxygen atoms in total. The third-order valence-corrected chi connectivity index (χ3v) is 1.76. The van der Waals surface area contributed by atoms with Crippen molar-refractivity contribution in [1.29, 1.82) is 0 Å². The minimum Gasteiger partial charge on any atom is -0.380 e. The second kappa shape index (κ2) is 3.18. The fourth-order valence-electron chi connectivity index (χ4n) is 1.09. The molecule has 0 spiro atoms. The molecule has 0 saturated carbocycles. The Kier molecular flexibility index (Phi) is 2.49. The van der Waals surface area contributed by atoms with Crippen LogP contribution in [0.1, 0.15) is 19.8 Å². The van der Waals surface area contributed by atoms with Gasteiger partial charge in [0.05, 0.1) is 6.61 Å². The van der Waals surface area contributed by atoms with Crippen LogP contribution >= 0.6 is 0 Å². The molecule has 2 unspecified atom stereocenters. The van der Waals surface area contributed by atoms with Crippen molar-refractivity contribution in [3.05, 3.63) is 0 Å². The summed E-state index contributed by atoms with van der Waals surface area (Å²) < 4.78 is 5.29. The Labute approximate surface area is 56.4 Å². The molecule has 54 valence electrons. The van der Waals surface area contributed by atoms with E-state index in [0.29, 0.717) is 5.92 Å². The topological polar surface area (TPSA) is 35.2 Å². The number of hydrogen-bond acceptors (Lipinski definition) is 2. The molecule has 1 aliphatic rings. The Bertz CT molecular complexity index is 75.0. The van der Waals surface area contributed by atoms with E-state index in [1.165, 1.54) is 6.42 Å². The lowest BCUT2D eigenvalue weighted by Crippen LogP contribution is -2.23. The van der Waals surface area contributed by atoms with E-state index in [4.69, 9.17) is 10.5 Å². The predicted molar refractivity (Wildman–Crippen MR) is 37.2 cm³/mol. The molecule has 2 atom stereocenters. The van der Waals surface area contributed by atoms with Gasteiger partial charge in [-0.1, -0.05) is 6.92 Å². The van der Waals surface area contributed by atoms with Crippen LogP contribution in [-0.4, -0.2) is 19.3 Å². The average Bonchev–Trinajstić information content (AvgIpc) is 1.97. The van der Waals surface area contributed by atoms with E-state index < -0.39 is 0 Å². The molecule has 0 aromatic rings. The first kappa shape index (κ1) is 7.03. The lowest BCUT2D eigenvalue weighted by atomic mass is 10.1. The molecular weight excluding hydrogens is 114 g/mol. The fourth-order valence-corrected chi connectivity index (χ4v) is 1.09. The Balaban J connectivity index is 2.25. The van der Waals surface area contributed by atoms with E-state index in [-0.39, 0.29) is 6.04 Å². The molecule has 0 amide bonds. The van der Waals surface area contributed by atoms with Crippen molar-refractivity contribution in [1.82, 2.24) is 0 Å². The lowest BCUT2D eigenvalue weighted by Gasteiger charge is -2.03. The number of nitrogens with two attached hydrogens (primary N) is 1. The predicted octanol–water partition coefficient (Wildman–Crippen LogP) is 0.760. The average molecular weight is 129 g/mol. The maximum Gasteiger partial charge on any atom is 0.0617 e. The Hall–Kier alpha value is -0.0800. The molecule has 0 radical (unpaired) electrons. The van der Waals surface area contributed by atoms with Crippen LogP contribution in [0.25, 0.3) is 0 Å². The van der Waals surface area contributed by atoms with Gasteiger partial charge in [-0.15, -0.1) is 0 Å². The number of hydrogen-bond donors (Lipinski definition) is 1. The monoisotopic (exact) mass is 129 g/mol. The molecule has 1 fully saturated rings. The largest absolute Gasteiger partial charge is 0.380 e. The maximum atomic E-state index is 5.67. The van der Waals surface area contributed by atoms with E-state index in [0.717, 1.165) is 19.6 Å². The highest BCUT2D eigenvalue weighted by molar-refractivity contribution is 4.66. The van der Waals surface area contributed by atoms with Gasteiger partial charge < -0.3 is 10.5 Å². The van der Waals surface area contributed by atoms with Gasteiger partial charge in [-0.25, -0.2) is 0 Å². The van der Waals surface area contributed by atoms with Gasteiger partial charge in [-0.05, 0) is 18.8 Å². The minimum absolute atomic E-state index is 0.287. The minimum atomic E-state index is 0.287. The van der Waals surface area contributed by atoms with Crippen LogP contribution in [0.15, 0.2) is 0 Å². The van der Waals surface area contributed by atoms with E-state index in [1.807, 2.05) is 0 Å². The maximum absolute atomic E-state index is 5.67. The van der Waals surface area contributed by atoms with Gasteiger partial charge in [0.25, 0.3) is 0 Å². The molecule has 1 saturated heterocycles. The quantitative estimate of drug-likeness (QED) is 0.524. The summed E-state index contributed by atoms with van der Waals surface area (Å²) in [5, 5.41) is 0. The van der Waals surface area contributed by atoms with Crippen molar-refractivity contribution >= 4 is 0 Å². The molecule has 0 aromatic heterocycles. The van der Waals surface area contributed by atoms with Gasteiger partial charge in [0, 0.05) is 12.6 Å². The number of rotatable bonds is 0. The van der Waals surface area contributed by atoms with Gasteiger partial charge >= 0.3 is 0 Å². The summed E-state index contributed by atoms with van der Waals surface area (Å²) >= 11 is 0. The SMILES string of the molecule is CC1CCC(N)COC1. The van der Waals surface area contributed by atoms with Crippen LogP contribution < -0.4 is 5.73 Å². The molecule has 2 N–H and O–H groups in total. The van der Waals surface area contributed by atoms with Crippen LogP contribution in [0.2, 0.25) is 0 Å². The summed E-state index contributed by atoms with van der Waals surface area (Å²) in [5.74, 6) is 0.707. The second-order valence-corrected chi connectivity index (χ2v) is 2.98. The summed E-state index contributed by atoms with van der Waals surface area (Å²) in [4.78, 5) is 0. The van der Waals surface area contributed by atoms with Crippen molar-refractivity contribution in [3.8, 4) is 0 Å². The molecule has 0 aromatic carbocycles. The first-order valence-electron chi connectivity index (χ1n) is 3.62.